The molecule has 0 aliphatic carbocycles. The van der Waals surface area contributed by atoms with Crippen molar-refractivity contribution in [3.8, 4) is 5.75 Å². The van der Waals surface area contributed by atoms with Crippen molar-refractivity contribution in [1.29, 1.82) is 0 Å². The molecule has 0 fully saturated rings. The minimum atomic E-state index is -1.36. The number of aliphatic hydroxyl groups is 1. The minimum Gasteiger partial charge on any atom is -0.491 e. The van der Waals surface area contributed by atoms with Crippen LogP contribution in [-0.2, 0) is 6.42 Å². The largest absolute Gasteiger partial charge is 0.491 e. The van der Waals surface area contributed by atoms with Crippen LogP contribution in [0, 0.1) is 17.5 Å². The molecule has 0 aromatic heterocycles. The van der Waals surface area contributed by atoms with E-state index in [1.54, 1.807) is 0 Å². The lowest BCUT2D eigenvalue weighted by molar-refractivity contribution is 0.193. The van der Waals surface area contributed by atoms with Gasteiger partial charge < -0.3 is 9.84 Å². The molecule has 1 unspecified atom stereocenters. The van der Waals surface area contributed by atoms with Crippen LogP contribution in [0.4, 0.5) is 13.2 Å². The van der Waals surface area contributed by atoms with Crippen LogP contribution in [0.25, 0.3) is 0 Å². The van der Waals surface area contributed by atoms with E-state index in [1.807, 2.05) is 0 Å². The minimum absolute atomic E-state index is 0.0978. The van der Waals surface area contributed by atoms with Crippen LogP contribution in [0.2, 0.25) is 0 Å². The van der Waals surface area contributed by atoms with Gasteiger partial charge in [0.25, 0.3) is 0 Å². The van der Waals surface area contributed by atoms with E-state index in [4.69, 9.17) is 5.11 Å². The van der Waals surface area contributed by atoms with Crippen molar-refractivity contribution in [1.82, 2.24) is 0 Å². The van der Waals surface area contributed by atoms with Crippen molar-refractivity contribution in [2.45, 2.75) is 19.4 Å². The summed E-state index contributed by atoms with van der Waals surface area (Å²) in [6.07, 6.45) is -0.937. The van der Waals surface area contributed by atoms with Gasteiger partial charge in [0, 0.05) is 6.42 Å². The van der Waals surface area contributed by atoms with Gasteiger partial charge in [0.05, 0.1) is 13.2 Å². The van der Waals surface area contributed by atoms with E-state index in [2.05, 4.69) is 4.74 Å². The van der Waals surface area contributed by atoms with Crippen molar-refractivity contribution >= 4 is 0 Å². The lowest BCUT2D eigenvalue weighted by Crippen LogP contribution is -2.09. The fourth-order valence-corrected chi connectivity index (χ4v) is 1.28. The highest BCUT2D eigenvalue weighted by Gasteiger charge is 2.19. The van der Waals surface area contributed by atoms with Gasteiger partial charge in [-0.2, -0.15) is 4.39 Å². The summed E-state index contributed by atoms with van der Waals surface area (Å²) in [6.45, 7) is 1.42. The number of rotatable bonds is 3. The third-order valence-corrected chi connectivity index (χ3v) is 1.91. The molecule has 5 heteroatoms. The maximum Gasteiger partial charge on any atom is 0.203 e. The lowest BCUT2D eigenvalue weighted by atomic mass is 10.1. The summed E-state index contributed by atoms with van der Waals surface area (Å²) in [5, 5.41) is 9.03. The molecule has 1 aromatic carbocycles. The second-order valence-corrected chi connectivity index (χ2v) is 3.23. The molecule has 0 aliphatic heterocycles. The zero-order valence-corrected chi connectivity index (χ0v) is 8.35. The Labute approximate surface area is 85.3 Å². The van der Waals surface area contributed by atoms with Crippen LogP contribution in [0.5, 0.6) is 5.75 Å². The molecule has 2 nitrogen and oxygen atoms in total. The molecule has 0 heterocycles. The number of methoxy groups -OCH3 is 1. The van der Waals surface area contributed by atoms with Crippen LogP contribution in [-0.4, -0.2) is 18.3 Å². The highest BCUT2D eigenvalue weighted by molar-refractivity contribution is 5.34. The molecule has 0 radical (unpaired) electrons. The average Bonchev–Trinajstić information content (AvgIpc) is 2.14. The van der Waals surface area contributed by atoms with Gasteiger partial charge in [-0.3, -0.25) is 0 Å². The molecule has 84 valence electrons. The maximum absolute atomic E-state index is 13.4. The summed E-state index contributed by atoms with van der Waals surface area (Å²) >= 11 is 0. The van der Waals surface area contributed by atoms with Crippen molar-refractivity contribution in [2.24, 2.45) is 0 Å². The highest BCUT2D eigenvalue weighted by Crippen LogP contribution is 2.27. The normalized spacial score (nSPS) is 12.7. The topological polar surface area (TPSA) is 29.5 Å². The first-order chi connectivity index (χ1) is 6.97. The summed E-state index contributed by atoms with van der Waals surface area (Å²) < 4.78 is 43.8. The Morgan fingerprint density at radius 3 is 2.40 bits per heavy atom. The number of halogens is 3. The second-order valence-electron chi connectivity index (χ2n) is 3.23. The van der Waals surface area contributed by atoms with Gasteiger partial charge >= 0.3 is 0 Å². The molecule has 1 atom stereocenters. The van der Waals surface area contributed by atoms with E-state index in [1.165, 1.54) is 6.92 Å². The molecular weight excluding hydrogens is 209 g/mol. The molecule has 15 heavy (non-hydrogen) atoms. The van der Waals surface area contributed by atoms with Gasteiger partial charge in [0.15, 0.2) is 17.4 Å². The lowest BCUT2D eigenvalue weighted by Gasteiger charge is -2.10. The van der Waals surface area contributed by atoms with Crippen molar-refractivity contribution in [3.05, 3.63) is 29.1 Å². The quantitative estimate of drug-likeness (QED) is 0.790. The summed E-state index contributed by atoms with van der Waals surface area (Å²) in [7, 11) is 1.05. The van der Waals surface area contributed by atoms with Crippen molar-refractivity contribution in [2.75, 3.05) is 7.11 Å². The Morgan fingerprint density at radius 2 is 1.93 bits per heavy atom. The molecule has 1 N–H and O–H groups in total. The molecule has 1 aromatic rings. The molecular formula is C10H11F3O2. The monoisotopic (exact) mass is 220 g/mol. The maximum atomic E-state index is 13.4. The van der Waals surface area contributed by atoms with Gasteiger partial charge in [-0.05, 0) is 18.6 Å². The van der Waals surface area contributed by atoms with E-state index in [0.29, 0.717) is 0 Å². The van der Waals surface area contributed by atoms with E-state index in [9.17, 15) is 13.2 Å². The number of benzene rings is 1. The number of hydrogen-bond donors (Lipinski definition) is 1. The van der Waals surface area contributed by atoms with Crippen LogP contribution < -0.4 is 4.74 Å². The molecule has 1 rings (SSSR count). The Kier molecular flexibility index (Phi) is 3.57. The van der Waals surface area contributed by atoms with E-state index < -0.39 is 29.3 Å². The molecule has 0 aliphatic rings. The fraction of sp³-hybridized carbons (Fsp3) is 0.400. The highest BCUT2D eigenvalue weighted by atomic mass is 19.2. The van der Waals surface area contributed by atoms with Crippen LogP contribution in [0.15, 0.2) is 6.07 Å². The van der Waals surface area contributed by atoms with E-state index in [-0.39, 0.29) is 12.0 Å². The Morgan fingerprint density at radius 1 is 1.33 bits per heavy atom. The average molecular weight is 220 g/mol. The second kappa shape index (κ2) is 4.53. The Hall–Kier alpha value is -1.23. The summed E-state index contributed by atoms with van der Waals surface area (Å²) in [5.41, 5.74) is -0.110. The Bertz CT molecular complexity index is 364. The van der Waals surface area contributed by atoms with Crippen molar-refractivity contribution < 1.29 is 23.0 Å². The molecule has 0 spiro atoms. The first kappa shape index (κ1) is 11.8. The first-order valence-corrected chi connectivity index (χ1v) is 4.35. The van der Waals surface area contributed by atoms with Gasteiger partial charge in [0.2, 0.25) is 5.82 Å². The molecule has 0 amide bonds. The van der Waals surface area contributed by atoms with Gasteiger partial charge in [-0.25, -0.2) is 8.78 Å². The zero-order valence-electron chi connectivity index (χ0n) is 8.35. The van der Waals surface area contributed by atoms with Gasteiger partial charge in [-0.15, -0.1) is 0 Å². The molecule has 0 saturated heterocycles. The van der Waals surface area contributed by atoms with Gasteiger partial charge in [-0.1, -0.05) is 0 Å². The zero-order chi connectivity index (χ0) is 11.6. The predicted molar refractivity (Wildman–Crippen MR) is 48.3 cm³/mol. The number of aliphatic hydroxyl groups excluding tert-OH is 1. The summed E-state index contributed by atoms with van der Waals surface area (Å²) in [4.78, 5) is 0. The Balaban J connectivity index is 3.24. The SMILES string of the molecule is COc1c(F)c(F)cc(CC(C)O)c1F. The third kappa shape index (κ3) is 2.41. The summed E-state index contributed by atoms with van der Waals surface area (Å²) in [5.74, 6) is -4.28. The third-order valence-electron chi connectivity index (χ3n) is 1.91. The standard InChI is InChI=1S/C10H11F3O2/c1-5(14)3-6-4-7(11)9(13)10(15-2)8(6)12/h4-5,14H,3H2,1-2H3. The van der Waals surface area contributed by atoms with Crippen molar-refractivity contribution in [3.63, 3.8) is 0 Å². The number of ether oxygens (including phenoxy) is 1. The summed E-state index contributed by atoms with van der Waals surface area (Å²) in [6, 6.07) is 0.722. The predicted octanol–water partition coefficient (Wildman–Crippen LogP) is 2.04. The van der Waals surface area contributed by atoms with Crippen LogP contribution >= 0.6 is 0 Å². The first-order valence-electron chi connectivity index (χ1n) is 4.35. The molecule has 0 bridgehead atoms. The van der Waals surface area contributed by atoms with E-state index >= 15 is 0 Å². The smallest absolute Gasteiger partial charge is 0.203 e. The van der Waals surface area contributed by atoms with Crippen LogP contribution in [0.3, 0.4) is 0 Å². The van der Waals surface area contributed by atoms with Gasteiger partial charge in [0.1, 0.15) is 0 Å². The van der Waals surface area contributed by atoms with E-state index in [0.717, 1.165) is 13.2 Å². The fourth-order valence-electron chi connectivity index (χ4n) is 1.28. The van der Waals surface area contributed by atoms with Crippen LogP contribution in [0.1, 0.15) is 12.5 Å². The number of hydrogen-bond acceptors (Lipinski definition) is 2. The molecule has 0 saturated carbocycles.